The molecule has 0 aromatic heterocycles. The number of piperidine rings is 1. The fourth-order valence-electron chi connectivity index (χ4n) is 4.72. The maximum atomic E-state index is 12.6. The van der Waals surface area contributed by atoms with E-state index in [0.717, 1.165) is 38.0 Å². The number of hydrogen-bond donors (Lipinski definition) is 1. The van der Waals surface area contributed by atoms with E-state index in [1.165, 1.54) is 18.9 Å². The molecule has 32 heavy (non-hydrogen) atoms. The zero-order valence-corrected chi connectivity index (χ0v) is 19.8. The molecular formula is C24H31Cl2N3O3. The first-order valence-electron chi connectivity index (χ1n) is 11.5. The molecular weight excluding hydrogens is 449 g/mol. The van der Waals surface area contributed by atoms with Gasteiger partial charge in [0.15, 0.2) is 0 Å². The number of carbonyl (C=O) groups excluding carboxylic acids is 2. The van der Waals surface area contributed by atoms with Crippen molar-refractivity contribution in [3.8, 4) is 0 Å². The van der Waals surface area contributed by atoms with Gasteiger partial charge in [-0.2, -0.15) is 0 Å². The van der Waals surface area contributed by atoms with E-state index in [4.69, 9.17) is 23.2 Å². The SMILES string of the molecule is O=C(/C=C/c1ccc(Cl)c(Cl)c1)N1CCC(=O)N(CCCN2CCC3(CC3)C(O)C2)CC1. The van der Waals surface area contributed by atoms with Crippen molar-refractivity contribution in [1.29, 1.82) is 0 Å². The van der Waals surface area contributed by atoms with Crippen molar-refractivity contribution in [3.63, 3.8) is 0 Å². The topological polar surface area (TPSA) is 64.1 Å². The number of amides is 2. The molecule has 2 saturated heterocycles. The number of likely N-dealkylation sites (tertiary alicyclic amines) is 1. The van der Waals surface area contributed by atoms with Crippen molar-refractivity contribution in [3.05, 3.63) is 39.9 Å². The molecule has 1 atom stereocenters. The van der Waals surface area contributed by atoms with Crippen molar-refractivity contribution >= 4 is 41.1 Å². The number of halogens is 2. The molecule has 6 nitrogen and oxygen atoms in total. The van der Waals surface area contributed by atoms with Crippen LogP contribution < -0.4 is 0 Å². The third kappa shape index (κ3) is 5.66. The Labute approximate surface area is 199 Å². The summed E-state index contributed by atoms with van der Waals surface area (Å²) in [7, 11) is 0. The third-order valence-corrected chi connectivity index (χ3v) is 7.86. The molecule has 1 spiro atoms. The van der Waals surface area contributed by atoms with Gasteiger partial charge in [0.05, 0.1) is 16.1 Å². The summed E-state index contributed by atoms with van der Waals surface area (Å²) in [6, 6.07) is 5.22. The molecule has 4 rings (SSSR count). The predicted molar refractivity (Wildman–Crippen MR) is 127 cm³/mol. The minimum Gasteiger partial charge on any atom is -0.391 e. The monoisotopic (exact) mass is 479 g/mol. The molecule has 2 amide bonds. The number of benzene rings is 1. The first-order valence-corrected chi connectivity index (χ1v) is 12.2. The normalized spacial score (nSPS) is 23.7. The van der Waals surface area contributed by atoms with Crippen LogP contribution >= 0.6 is 23.2 Å². The van der Waals surface area contributed by atoms with Crippen LogP contribution in [0.5, 0.6) is 0 Å². The molecule has 3 aliphatic rings. The highest BCUT2D eigenvalue weighted by Gasteiger charge is 2.50. The molecule has 2 heterocycles. The molecule has 1 aromatic carbocycles. The minimum absolute atomic E-state index is 0.101. The summed E-state index contributed by atoms with van der Waals surface area (Å²) >= 11 is 12.0. The van der Waals surface area contributed by atoms with E-state index < -0.39 is 0 Å². The molecule has 174 valence electrons. The second-order valence-corrected chi connectivity index (χ2v) is 10.1. The Kier molecular flexibility index (Phi) is 7.45. The largest absolute Gasteiger partial charge is 0.391 e. The van der Waals surface area contributed by atoms with Crippen LogP contribution in [0.2, 0.25) is 10.0 Å². The summed E-state index contributed by atoms with van der Waals surface area (Å²) in [6.45, 7) is 4.89. The highest BCUT2D eigenvalue weighted by molar-refractivity contribution is 6.42. The van der Waals surface area contributed by atoms with Crippen molar-refractivity contribution in [1.82, 2.24) is 14.7 Å². The number of nitrogens with zero attached hydrogens (tertiary/aromatic N) is 3. The van der Waals surface area contributed by atoms with Crippen molar-refractivity contribution < 1.29 is 14.7 Å². The Morgan fingerprint density at radius 3 is 2.62 bits per heavy atom. The van der Waals surface area contributed by atoms with Gasteiger partial charge in [-0.1, -0.05) is 29.3 Å². The zero-order chi connectivity index (χ0) is 22.7. The van der Waals surface area contributed by atoms with Gasteiger partial charge in [0, 0.05) is 45.2 Å². The fourth-order valence-corrected chi connectivity index (χ4v) is 5.03. The lowest BCUT2D eigenvalue weighted by molar-refractivity contribution is -0.130. The predicted octanol–water partition coefficient (Wildman–Crippen LogP) is 3.30. The van der Waals surface area contributed by atoms with Crippen molar-refractivity contribution in [2.75, 3.05) is 45.8 Å². The summed E-state index contributed by atoms with van der Waals surface area (Å²) in [5.74, 6) is -0.00796. The number of aliphatic hydroxyl groups is 1. The average molecular weight is 480 g/mol. The van der Waals surface area contributed by atoms with E-state index in [0.29, 0.717) is 42.6 Å². The maximum Gasteiger partial charge on any atom is 0.246 e. The van der Waals surface area contributed by atoms with E-state index in [1.54, 1.807) is 29.2 Å². The number of carbonyl (C=O) groups is 2. The molecule has 1 N–H and O–H groups in total. The summed E-state index contributed by atoms with van der Waals surface area (Å²) in [6.07, 6.45) is 7.69. The average Bonchev–Trinajstić information content (AvgIpc) is 3.58. The molecule has 2 aliphatic heterocycles. The number of β-amino-alcohol motifs (C(OH)–C–C–N with tert-alkyl or cyclic N) is 1. The Morgan fingerprint density at radius 1 is 1.09 bits per heavy atom. The second kappa shape index (κ2) is 10.1. The first-order chi connectivity index (χ1) is 15.4. The Balaban J connectivity index is 1.22. The Morgan fingerprint density at radius 2 is 1.91 bits per heavy atom. The lowest BCUT2D eigenvalue weighted by atomic mass is 9.90. The second-order valence-electron chi connectivity index (χ2n) is 9.25. The summed E-state index contributed by atoms with van der Waals surface area (Å²) < 4.78 is 0. The molecule has 0 radical (unpaired) electrons. The van der Waals surface area contributed by atoms with E-state index in [1.807, 2.05) is 4.90 Å². The van der Waals surface area contributed by atoms with Crippen LogP contribution in [-0.4, -0.2) is 83.5 Å². The van der Waals surface area contributed by atoms with Crippen LogP contribution in [-0.2, 0) is 9.59 Å². The lowest BCUT2D eigenvalue weighted by Gasteiger charge is -2.36. The van der Waals surface area contributed by atoms with Gasteiger partial charge in [-0.3, -0.25) is 9.59 Å². The lowest BCUT2D eigenvalue weighted by Crippen LogP contribution is -2.46. The minimum atomic E-state index is -0.201. The Hall–Kier alpha value is -1.60. The van der Waals surface area contributed by atoms with Gasteiger partial charge in [-0.05, 0) is 68.0 Å². The van der Waals surface area contributed by atoms with Crippen LogP contribution in [0.15, 0.2) is 24.3 Å². The van der Waals surface area contributed by atoms with Crippen LogP contribution in [0.1, 0.15) is 37.7 Å². The van der Waals surface area contributed by atoms with E-state index in [-0.39, 0.29) is 23.3 Å². The van der Waals surface area contributed by atoms with Crippen LogP contribution in [0, 0.1) is 5.41 Å². The van der Waals surface area contributed by atoms with Gasteiger partial charge < -0.3 is 19.8 Å². The first kappa shape index (κ1) is 23.6. The Bertz CT molecular complexity index is 887. The van der Waals surface area contributed by atoms with Crippen molar-refractivity contribution in [2.45, 2.75) is 38.2 Å². The molecule has 0 bridgehead atoms. The van der Waals surface area contributed by atoms with E-state index in [2.05, 4.69) is 4.90 Å². The van der Waals surface area contributed by atoms with Gasteiger partial charge in [0.2, 0.25) is 11.8 Å². The molecule has 1 saturated carbocycles. The molecule has 8 heteroatoms. The molecule has 3 fully saturated rings. The van der Waals surface area contributed by atoms with Crippen molar-refractivity contribution in [2.24, 2.45) is 5.41 Å². The van der Waals surface area contributed by atoms with E-state index >= 15 is 0 Å². The van der Waals surface area contributed by atoms with Crippen LogP contribution in [0.3, 0.4) is 0 Å². The van der Waals surface area contributed by atoms with Gasteiger partial charge in [-0.15, -0.1) is 0 Å². The third-order valence-electron chi connectivity index (χ3n) is 7.12. The number of aliphatic hydroxyl groups excluding tert-OH is 1. The van der Waals surface area contributed by atoms with Crippen LogP contribution in [0.4, 0.5) is 0 Å². The number of hydrogen-bond acceptors (Lipinski definition) is 4. The van der Waals surface area contributed by atoms with E-state index in [9.17, 15) is 14.7 Å². The summed E-state index contributed by atoms with van der Waals surface area (Å²) in [4.78, 5) is 31.1. The summed E-state index contributed by atoms with van der Waals surface area (Å²) in [5.41, 5.74) is 1.03. The molecule has 1 unspecified atom stereocenters. The van der Waals surface area contributed by atoms with Gasteiger partial charge in [-0.25, -0.2) is 0 Å². The van der Waals surface area contributed by atoms with Crippen LogP contribution in [0.25, 0.3) is 6.08 Å². The standard InChI is InChI=1S/C24H31Cl2N3O3/c25-19-4-2-18(16-20(19)26)3-5-22(31)29-12-6-23(32)28(14-15-29)11-1-10-27-13-9-24(7-8-24)21(30)17-27/h2-5,16,21,30H,1,6-15,17H2/b5-3+. The quantitative estimate of drug-likeness (QED) is 0.635. The molecule has 1 aromatic rings. The zero-order valence-electron chi connectivity index (χ0n) is 18.3. The van der Waals surface area contributed by atoms with Gasteiger partial charge >= 0.3 is 0 Å². The van der Waals surface area contributed by atoms with Gasteiger partial charge in [0.1, 0.15) is 0 Å². The molecule has 1 aliphatic carbocycles. The maximum absolute atomic E-state index is 12.6. The van der Waals surface area contributed by atoms with Gasteiger partial charge in [0.25, 0.3) is 0 Å². The highest BCUT2D eigenvalue weighted by Crippen LogP contribution is 2.53. The highest BCUT2D eigenvalue weighted by atomic mass is 35.5. The summed E-state index contributed by atoms with van der Waals surface area (Å²) in [5, 5.41) is 11.3. The fraction of sp³-hybridized carbons (Fsp3) is 0.583. The number of rotatable bonds is 6. The smallest absolute Gasteiger partial charge is 0.246 e.